The first-order valence-electron chi connectivity index (χ1n) is 9.08. The standard InChI is InChI=1S/C23H22N2O3/c26-22(28-17-19-12-6-2-7-13-19)21(16-18-10-4-1-5-11-18)25-23(27)24-20-14-8-3-9-15-20/h1-15,21H,16-17H2,(H2,24,25,27)/t21-/m0/s1. The summed E-state index contributed by atoms with van der Waals surface area (Å²) in [7, 11) is 0. The van der Waals surface area contributed by atoms with Crippen molar-refractivity contribution in [3.05, 3.63) is 102 Å². The molecule has 2 N–H and O–H groups in total. The fourth-order valence-electron chi connectivity index (χ4n) is 2.72. The lowest BCUT2D eigenvalue weighted by molar-refractivity contribution is -0.147. The Morgan fingerprint density at radius 1 is 0.750 bits per heavy atom. The molecule has 142 valence electrons. The molecule has 0 spiro atoms. The van der Waals surface area contributed by atoms with Crippen molar-refractivity contribution < 1.29 is 14.3 Å². The molecule has 0 radical (unpaired) electrons. The molecule has 0 saturated carbocycles. The van der Waals surface area contributed by atoms with Crippen LogP contribution >= 0.6 is 0 Å². The number of hydrogen-bond donors (Lipinski definition) is 2. The number of amides is 2. The van der Waals surface area contributed by atoms with E-state index in [-0.39, 0.29) is 6.61 Å². The van der Waals surface area contributed by atoms with E-state index in [4.69, 9.17) is 4.74 Å². The van der Waals surface area contributed by atoms with Gasteiger partial charge in [-0.15, -0.1) is 0 Å². The Bertz CT molecular complexity index is 883. The number of urea groups is 1. The molecule has 0 fully saturated rings. The number of carbonyl (C=O) groups excluding carboxylic acids is 2. The molecular weight excluding hydrogens is 352 g/mol. The van der Waals surface area contributed by atoms with E-state index < -0.39 is 18.0 Å². The Morgan fingerprint density at radius 2 is 1.29 bits per heavy atom. The van der Waals surface area contributed by atoms with Gasteiger partial charge >= 0.3 is 12.0 Å². The quantitative estimate of drug-likeness (QED) is 0.610. The Morgan fingerprint density at radius 3 is 1.89 bits per heavy atom. The number of para-hydroxylation sites is 1. The first-order chi connectivity index (χ1) is 13.7. The third-order valence-electron chi connectivity index (χ3n) is 4.13. The van der Waals surface area contributed by atoms with Gasteiger partial charge in [-0.1, -0.05) is 78.9 Å². The second-order valence-corrected chi connectivity index (χ2v) is 6.30. The lowest BCUT2D eigenvalue weighted by atomic mass is 10.1. The maximum absolute atomic E-state index is 12.6. The highest BCUT2D eigenvalue weighted by atomic mass is 16.5. The maximum atomic E-state index is 12.6. The van der Waals surface area contributed by atoms with Gasteiger partial charge in [-0.05, 0) is 23.3 Å². The SMILES string of the molecule is O=C(Nc1ccccc1)N[C@@H](Cc1ccccc1)C(=O)OCc1ccccc1. The van der Waals surface area contributed by atoms with E-state index >= 15 is 0 Å². The predicted molar refractivity (Wildman–Crippen MR) is 109 cm³/mol. The monoisotopic (exact) mass is 374 g/mol. The third kappa shape index (κ3) is 5.99. The molecule has 3 rings (SSSR count). The summed E-state index contributed by atoms with van der Waals surface area (Å²) in [5.41, 5.74) is 2.48. The molecule has 0 aliphatic heterocycles. The van der Waals surface area contributed by atoms with Crippen molar-refractivity contribution in [3.8, 4) is 0 Å². The van der Waals surface area contributed by atoms with Gasteiger partial charge in [0, 0.05) is 12.1 Å². The molecule has 0 aromatic heterocycles. The zero-order chi connectivity index (χ0) is 19.6. The molecule has 0 heterocycles. The minimum Gasteiger partial charge on any atom is -0.459 e. The molecule has 0 aliphatic rings. The summed E-state index contributed by atoms with van der Waals surface area (Å²) in [4.78, 5) is 25.0. The van der Waals surface area contributed by atoms with Crippen LogP contribution in [0.2, 0.25) is 0 Å². The normalized spacial score (nSPS) is 11.3. The van der Waals surface area contributed by atoms with Crippen LogP contribution in [0.25, 0.3) is 0 Å². The summed E-state index contributed by atoms with van der Waals surface area (Å²) in [6.07, 6.45) is 0.344. The summed E-state index contributed by atoms with van der Waals surface area (Å²) < 4.78 is 5.43. The Labute approximate surface area is 164 Å². The second kappa shape index (κ2) is 9.92. The van der Waals surface area contributed by atoms with Gasteiger partial charge in [-0.25, -0.2) is 9.59 Å². The fraction of sp³-hybridized carbons (Fsp3) is 0.130. The summed E-state index contributed by atoms with van der Waals surface area (Å²) in [6.45, 7) is 0.160. The Kier molecular flexibility index (Phi) is 6.79. The molecule has 0 saturated heterocycles. The molecule has 5 heteroatoms. The highest BCUT2D eigenvalue weighted by molar-refractivity contribution is 5.92. The van der Waals surface area contributed by atoms with Crippen LogP contribution in [0.1, 0.15) is 11.1 Å². The molecular formula is C23H22N2O3. The maximum Gasteiger partial charge on any atom is 0.329 e. The van der Waals surface area contributed by atoms with E-state index in [2.05, 4.69) is 10.6 Å². The number of anilines is 1. The van der Waals surface area contributed by atoms with Crippen LogP contribution in [-0.4, -0.2) is 18.0 Å². The van der Waals surface area contributed by atoms with E-state index in [0.717, 1.165) is 11.1 Å². The highest BCUT2D eigenvalue weighted by Crippen LogP contribution is 2.09. The average Bonchev–Trinajstić information content (AvgIpc) is 2.74. The van der Waals surface area contributed by atoms with E-state index in [1.807, 2.05) is 78.9 Å². The molecule has 0 aliphatic carbocycles. The van der Waals surface area contributed by atoms with Crippen LogP contribution in [0.5, 0.6) is 0 Å². The molecule has 0 unspecified atom stereocenters. The first kappa shape index (κ1) is 19.2. The van der Waals surface area contributed by atoms with Gasteiger partial charge in [-0.3, -0.25) is 0 Å². The van der Waals surface area contributed by atoms with Crippen molar-refractivity contribution in [1.29, 1.82) is 0 Å². The van der Waals surface area contributed by atoms with Crippen molar-refractivity contribution in [2.75, 3.05) is 5.32 Å². The zero-order valence-electron chi connectivity index (χ0n) is 15.4. The van der Waals surface area contributed by atoms with Gasteiger partial charge in [0.1, 0.15) is 12.6 Å². The van der Waals surface area contributed by atoms with Gasteiger partial charge in [0.2, 0.25) is 0 Å². The summed E-state index contributed by atoms with van der Waals surface area (Å²) in [5.74, 6) is -0.476. The van der Waals surface area contributed by atoms with Crippen molar-refractivity contribution in [2.45, 2.75) is 19.1 Å². The molecule has 3 aromatic carbocycles. The number of hydrogen-bond acceptors (Lipinski definition) is 3. The van der Waals surface area contributed by atoms with Crippen molar-refractivity contribution in [3.63, 3.8) is 0 Å². The van der Waals surface area contributed by atoms with Crippen molar-refractivity contribution in [2.24, 2.45) is 0 Å². The van der Waals surface area contributed by atoms with Gasteiger partial charge in [-0.2, -0.15) is 0 Å². The molecule has 2 amide bonds. The van der Waals surface area contributed by atoms with Crippen molar-refractivity contribution in [1.82, 2.24) is 5.32 Å². The van der Waals surface area contributed by atoms with Crippen LogP contribution in [0.4, 0.5) is 10.5 Å². The number of rotatable bonds is 7. The van der Waals surface area contributed by atoms with Crippen LogP contribution in [0.3, 0.4) is 0 Å². The number of esters is 1. The van der Waals surface area contributed by atoms with E-state index in [1.165, 1.54) is 0 Å². The average molecular weight is 374 g/mol. The number of ether oxygens (including phenoxy) is 1. The van der Waals surface area contributed by atoms with Gasteiger partial charge in [0.05, 0.1) is 0 Å². The van der Waals surface area contributed by atoms with E-state index in [9.17, 15) is 9.59 Å². The molecule has 28 heavy (non-hydrogen) atoms. The molecule has 5 nitrogen and oxygen atoms in total. The molecule has 0 bridgehead atoms. The smallest absolute Gasteiger partial charge is 0.329 e. The number of benzene rings is 3. The Balaban J connectivity index is 1.65. The molecule has 1 atom stereocenters. The van der Waals surface area contributed by atoms with Crippen LogP contribution in [0.15, 0.2) is 91.0 Å². The van der Waals surface area contributed by atoms with E-state index in [0.29, 0.717) is 12.1 Å². The highest BCUT2D eigenvalue weighted by Gasteiger charge is 2.23. The van der Waals surface area contributed by atoms with Gasteiger partial charge < -0.3 is 15.4 Å². The summed E-state index contributed by atoms with van der Waals surface area (Å²) >= 11 is 0. The fourth-order valence-corrected chi connectivity index (χ4v) is 2.72. The van der Waals surface area contributed by atoms with Crippen molar-refractivity contribution >= 4 is 17.7 Å². The Hall–Kier alpha value is -3.60. The summed E-state index contributed by atoms with van der Waals surface area (Å²) in [6, 6.07) is 26.8. The van der Waals surface area contributed by atoms with Crippen LogP contribution in [0, 0.1) is 0 Å². The van der Waals surface area contributed by atoms with Crippen LogP contribution < -0.4 is 10.6 Å². The molecule has 3 aromatic rings. The number of carbonyl (C=O) groups is 2. The lowest BCUT2D eigenvalue weighted by Gasteiger charge is -2.18. The summed E-state index contributed by atoms with van der Waals surface area (Å²) in [5, 5.41) is 5.45. The largest absolute Gasteiger partial charge is 0.459 e. The lowest BCUT2D eigenvalue weighted by Crippen LogP contribution is -2.45. The van der Waals surface area contributed by atoms with Crippen LogP contribution in [-0.2, 0) is 22.6 Å². The van der Waals surface area contributed by atoms with E-state index in [1.54, 1.807) is 12.1 Å². The third-order valence-corrected chi connectivity index (χ3v) is 4.13. The second-order valence-electron chi connectivity index (χ2n) is 6.30. The minimum absolute atomic E-state index is 0.160. The number of nitrogens with one attached hydrogen (secondary N) is 2. The zero-order valence-corrected chi connectivity index (χ0v) is 15.4. The minimum atomic E-state index is -0.796. The first-order valence-corrected chi connectivity index (χ1v) is 9.08. The van der Waals surface area contributed by atoms with Gasteiger partial charge in [0.25, 0.3) is 0 Å². The van der Waals surface area contributed by atoms with Gasteiger partial charge in [0.15, 0.2) is 0 Å². The predicted octanol–water partition coefficient (Wildman–Crippen LogP) is 4.16. The topological polar surface area (TPSA) is 67.4 Å².